The summed E-state index contributed by atoms with van der Waals surface area (Å²) in [6.45, 7) is 4.27. The second-order valence-corrected chi connectivity index (χ2v) is 3.35. The number of rotatable bonds is 0. The van der Waals surface area contributed by atoms with Crippen LogP contribution >= 0.6 is 0 Å². The van der Waals surface area contributed by atoms with E-state index in [0.29, 0.717) is 5.92 Å². The summed E-state index contributed by atoms with van der Waals surface area (Å²) in [5.74, 6) is 0.542. The van der Waals surface area contributed by atoms with Crippen molar-refractivity contribution in [2.45, 2.75) is 32.4 Å². The second kappa shape index (κ2) is 2.72. The molecule has 3 unspecified atom stereocenters. The molecule has 0 aromatic rings. The molecule has 10 heavy (non-hydrogen) atoms. The van der Waals surface area contributed by atoms with Crippen molar-refractivity contribution in [2.24, 2.45) is 17.4 Å². The molecule has 0 spiro atoms. The van der Waals surface area contributed by atoms with E-state index < -0.39 is 0 Å². The fraction of sp³-hybridized carbons (Fsp3) is 0.750. The molecule has 4 N–H and O–H groups in total. The lowest BCUT2D eigenvalue weighted by atomic mass is 9.84. The molecule has 0 saturated heterocycles. The summed E-state index contributed by atoms with van der Waals surface area (Å²) >= 11 is 0. The Labute approximate surface area is 62.3 Å². The smallest absolute Gasteiger partial charge is 0.0383 e. The lowest BCUT2D eigenvalue weighted by molar-refractivity contribution is 0.399. The van der Waals surface area contributed by atoms with Gasteiger partial charge in [0, 0.05) is 12.1 Å². The van der Waals surface area contributed by atoms with Gasteiger partial charge in [-0.15, -0.1) is 0 Å². The first kappa shape index (κ1) is 7.76. The Balaban J connectivity index is 2.69. The fourth-order valence-electron chi connectivity index (χ4n) is 1.53. The molecule has 0 bridgehead atoms. The van der Waals surface area contributed by atoms with Gasteiger partial charge < -0.3 is 11.5 Å². The van der Waals surface area contributed by atoms with E-state index in [2.05, 4.69) is 19.9 Å². The molecule has 1 aliphatic rings. The first-order valence-corrected chi connectivity index (χ1v) is 3.79. The molecule has 0 amide bonds. The zero-order chi connectivity index (χ0) is 7.72. The molecule has 0 fully saturated rings. The van der Waals surface area contributed by atoms with Gasteiger partial charge in [0.15, 0.2) is 0 Å². The first-order valence-electron chi connectivity index (χ1n) is 3.79. The highest BCUT2D eigenvalue weighted by molar-refractivity contribution is 5.12. The molecule has 0 saturated carbocycles. The Morgan fingerprint density at radius 3 is 2.60 bits per heavy atom. The monoisotopic (exact) mass is 140 g/mol. The highest BCUT2D eigenvalue weighted by Crippen LogP contribution is 2.21. The highest BCUT2D eigenvalue weighted by Gasteiger charge is 2.22. The van der Waals surface area contributed by atoms with Gasteiger partial charge >= 0.3 is 0 Å². The Kier molecular flexibility index (Phi) is 2.11. The molecule has 0 heterocycles. The standard InChI is InChI=1S/C8H16N2/c1-5-3-6(2)8(10)7(9)4-5/h4,6-8H,3,9-10H2,1-2H3. The van der Waals surface area contributed by atoms with Crippen molar-refractivity contribution in [1.82, 2.24) is 0 Å². The average molecular weight is 140 g/mol. The maximum atomic E-state index is 5.81. The van der Waals surface area contributed by atoms with Gasteiger partial charge in [-0.1, -0.05) is 18.6 Å². The van der Waals surface area contributed by atoms with E-state index >= 15 is 0 Å². The molecular weight excluding hydrogens is 124 g/mol. The summed E-state index contributed by atoms with van der Waals surface area (Å²) in [6.07, 6.45) is 3.18. The van der Waals surface area contributed by atoms with E-state index in [1.54, 1.807) is 0 Å². The minimum atomic E-state index is 0.0729. The van der Waals surface area contributed by atoms with Crippen molar-refractivity contribution < 1.29 is 0 Å². The summed E-state index contributed by atoms with van der Waals surface area (Å²) in [5, 5.41) is 0. The van der Waals surface area contributed by atoms with Crippen LogP contribution in [-0.4, -0.2) is 12.1 Å². The number of allylic oxidation sites excluding steroid dienone is 1. The van der Waals surface area contributed by atoms with Crippen LogP contribution in [0.4, 0.5) is 0 Å². The van der Waals surface area contributed by atoms with Crippen LogP contribution in [0, 0.1) is 5.92 Å². The van der Waals surface area contributed by atoms with Gasteiger partial charge in [-0.2, -0.15) is 0 Å². The fourth-order valence-corrected chi connectivity index (χ4v) is 1.53. The Hall–Kier alpha value is -0.340. The summed E-state index contributed by atoms with van der Waals surface area (Å²) in [7, 11) is 0. The van der Waals surface area contributed by atoms with Crippen LogP contribution in [0.5, 0.6) is 0 Å². The lowest BCUT2D eigenvalue weighted by Crippen LogP contribution is -2.46. The van der Waals surface area contributed by atoms with Crippen LogP contribution in [0.1, 0.15) is 20.3 Å². The Morgan fingerprint density at radius 2 is 2.10 bits per heavy atom. The lowest BCUT2D eigenvalue weighted by Gasteiger charge is -2.29. The topological polar surface area (TPSA) is 52.0 Å². The van der Waals surface area contributed by atoms with Crippen molar-refractivity contribution in [2.75, 3.05) is 0 Å². The zero-order valence-electron chi connectivity index (χ0n) is 6.67. The van der Waals surface area contributed by atoms with Crippen molar-refractivity contribution in [3.8, 4) is 0 Å². The van der Waals surface area contributed by atoms with Crippen molar-refractivity contribution in [3.05, 3.63) is 11.6 Å². The van der Waals surface area contributed by atoms with E-state index in [0.717, 1.165) is 6.42 Å². The maximum Gasteiger partial charge on any atom is 0.0383 e. The molecular formula is C8H16N2. The van der Waals surface area contributed by atoms with Crippen LogP contribution in [0.3, 0.4) is 0 Å². The van der Waals surface area contributed by atoms with Crippen molar-refractivity contribution in [3.63, 3.8) is 0 Å². The van der Waals surface area contributed by atoms with Gasteiger partial charge in [-0.05, 0) is 19.3 Å². The summed E-state index contributed by atoms with van der Waals surface area (Å²) in [4.78, 5) is 0. The Morgan fingerprint density at radius 1 is 1.50 bits per heavy atom. The summed E-state index contributed by atoms with van der Waals surface area (Å²) in [6, 6.07) is 0.229. The maximum absolute atomic E-state index is 5.81. The molecule has 0 aliphatic heterocycles. The van der Waals surface area contributed by atoms with Gasteiger partial charge in [-0.25, -0.2) is 0 Å². The van der Waals surface area contributed by atoms with Crippen molar-refractivity contribution in [1.29, 1.82) is 0 Å². The molecule has 1 aliphatic carbocycles. The minimum Gasteiger partial charge on any atom is -0.326 e. The Bertz CT molecular complexity index is 151. The molecule has 0 aromatic carbocycles. The van der Waals surface area contributed by atoms with Crippen molar-refractivity contribution >= 4 is 0 Å². The molecule has 2 nitrogen and oxygen atoms in total. The molecule has 1 rings (SSSR count). The first-order chi connectivity index (χ1) is 4.61. The van der Waals surface area contributed by atoms with Crippen LogP contribution < -0.4 is 11.5 Å². The van der Waals surface area contributed by atoms with Gasteiger partial charge in [0.05, 0.1) is 0 Å². The third kappa shape index (κ3) is 1.39. The average Bonchev–Trinajstić information content (AvgIpc) is 1.82. The predicted octanol–water partition coefficient (Wildman–Crippen LogP) is 0.627. The molecule has 0 radical (unpaired) electrons. The van der Waals surface area contributed by atoms with E-state index in [1.165, 1.54) is 5.57 Å². The minimum absolute atomic E-state index is 0.0729. The molecule has 0 aromatic heterocycles. The van der Waals surface area contributed by atoms with Gasteiger partial charge in [0.2, 0.25) is 0 Å². The van der Waals surface area contributed by atoms with Gasteiger partial charge in [0.1, 0.15) is 0 Å². The normalized spacial score (nSPS) is 41.2. The van der Waals surface area contributed by atoms with E-state index in [-0.39, 0.29) is 12.1 Å². The third-order valence-electron chi connectivity index (χ3n) is 2.22. The van der Waals surface area contributed by atoms with Gasteiger partial charge in [0.25, 0.3) is 0 Å². The summed E-state index contributed by atoms with van der Waals surface area (Å²) in [5.41, 5.74) is 12.9. The van der Waals surface area contributed by atoms with E-state index in [4.69, 9.17) is 11.5 Å². The van der Waals surface area contributed by atoms with Crippen LogP contribution in [0.15, 0.2) is 11.6 Å². The number of nitrogens with two attached hydrogens (primary N) is 2. The zero-order valence-corrected chi connectivity index (χ0v) is 6.67. The molecule has 2 heteroatoms. The SMILES string of the molecule is CC1=CC(N)C(N)C(C)C1. The van der Waals surface area contributed by atoms with Crippen LogP contribution in [-0.2, 0) is 0 Å². The van der Waals surface area contributed by atoms with E-state index in [9.17, 15) is 0 Å². The highest BCUT2D eigenvalue weighted by atomic mass is 14.8. The molecule has 58 valence electrons. The molecule has 3 atom stereocenters. The number of hydrogen-bond acceptors (Lipinski definition) is 2. The predicted molar refractivity (Wildman–Crippen MR) is 43.5 cm³/mol. The number of hydrogen-bond donors (Lipinski definition) is 2. The van der Waals surface area contributed by atoms with Crippen LogP contribution in [0.25, 0.3) is 0 Å². The van der Waals surface area contributed by atoms with E-state index in [1.807, 2.05) is 0 Å². The van der Waals surface area contributed by atoms with Crippen LogP contribution in [0.2, 0.25) is 0 Å². The second-order valence-electron chi connectivity index (χ2n) is 3.35. The summed E-state index contributed by atoms with van der Waals surface area (Å²) < 4.78 is 0. The largest absolute Gasteiger partial charge is 0.326 e. The third-order valence-corrected chi connectivity index (χ3v) is 2.22. The quantitative estimate of drug-likeness (QED) is 0.485. The van der Waals surface area contributed by atoms with Gasteiger partial charge in [-0.3, -0.25) is 0 Å².